The van der Waals surface area contributed by atoms with Gasteiger partial charge >= 0.3 is 0 Å². The number of allylic oxidation sites excluding steroid dienone is 1. The lowest BCUT2D eigenvalue weighted by Gasteiger charge is -2.55. The van der Waals surface area contributed by atoms with E-state index < -0.39 is 0 Å². The lowest BCUT2D eigenvalue weighted by Crippen LogP contribution is -2.53. The van der Waals surface area contributed by atoms with Crippen LogP contribution in [-0.2, 0) is 4.74 Å². The minimum Gasteiger partial charge on any atom is -0.396 e. The fourth-order valence-corrected chi connectivity index (χ4v) is 4.13. The molecule has 0 saturated carbocycles. The summed E-state index contributed by atoms with van der Waals surface area (Å²) in [4.78, 5) is 4.22. The van der Waals surface area contributed by atoms with Crippen molar-refractivity contribution in [3.05, 3.63) is 41.7 Å². The van der Waals surface area contributed by atoms with Crippen molar-refractivity contribution >= 4 is 0 Å². The number of aromatic nitrogens is 1. The Balaban J connectivity index is 2.02. The highest BCUT2D eigenvalue weighted by Crippen LogP contribution is 2.55. The smallest absolute Gasteiger partial charge is 0.0907 e. The Hall–Kier alpha value is -1.19. The molecular weight excluding hydrogens is 250 g/mol. The van der Waals surface area contributed by atoms with E-state index in [1.807, 2.05) is 12.3 Å². The number of aliphatic hydroxyl groups is 1. The number of hydrogen-bond donors (Lipinski definition) is 1. The average molecular weight is 273 g/mol. The van der Waals surface area contributed by atoms with Gasteiger partial charge in [-0.2, -0.15) is 0 Å². The van der Waals surface area contributed by atoms with Gasteiger partial charge in [-0.15, -0.1) is 0 Å². The summed E-state index contributed by atoms with van der Waals surface area (Å²) in [6.07, 6.45) is 6.07. The number of aliphatic hydroxyl groups excluding tert-OH is 1. The minimum absolute atomic E-state index is 0.0575. The van der Waals surface area contributed by atoms with Gasteiger partial charge in [0.25, 0.3) is 0 Å². The highest BCUT2D eigenvalue weighted by atomic mass is 16.5. The summed E-state index contributed by atoms with van der Waals surface area (Å²) in [6, 6.07) is 4.05. The summed E-state index contributed by atoms with van der Waals surface area (Å²) in [7, 11) is 0. The molecule has 1 N–H and O–H groups in total. The normalized spacial score (nSPS) is 40.3. The van der Waals surface area contributed by atoms with Crippen molar-refractivity contribution in [2.45, 2.75) is 26.9 Å². The third kappa shape index (κ3) is 1.84. The molecule has 1 aliphatic carbocycles. The predicted octanol–water partition coefficient (Wildman–Crippen LogP) is 2.98. The van der Waals surface area contributed by atoms with E-state index in [2.05, 4.69) is 37.9 Å². The molecule has 0 radical (unpaired) electrons. The quantitative estimate of drug-likeness (QED) is 0.842. The molecule has 2 bridgehead atoms. The summed E-state index contributed by atoms with van der Waals surface area (Å²) in [6.45, 7) is 7.46. The third-order valence-corrected chi connectivity index (χ3v) is 5.56. The Morgan fingerprint density at radius 3 is 2.90 bits per heavy atom. The summed E-state index contributed by atoms with van der Waals surface area (Å²) in [5.74, 6) is 1.09. The van der Waals surface area contributed by atoms with Gasteiger partial charge in [-0.05, 0) is 30.4 Å². The molecule has 1 saturated heterocycles. The fraction of sp³-hybridized carbons (Fsp3) is 0.588. The molecule has 0 spiro atoms. The lowest BCUT2D eigenvalue weighted by atomic mass is 9.56. The molecule has 0 aromatic carbocycles. The van der Waals surface area contributed by atoms with Gasteiger partial charge in [0, 0.05) is 23.7 Å². The van der Waals surface area contributed by atoms with Crippen molar-refractivity contribution in [3.8, 4) is 0 Å². The maximum Gasteiger partial charge on any atom is 0.0907 e. The van der Waals surface area contributed by atoms with Crippen LogP contribution in [0.1, 0.15) is 32.4 Å². The van der Waals surface area contributed by atoms with Crippen LogP contribution in [0.15, 0.2) is 36.2 Å². The van der Waals surface area contributed by atoms with Crippen LogP contribution in [0.4, 0.5) is 0 Å². The predicted molar refractivity (Wildman–Crippen MR) is 78.0 cm³/mol. The Morgan fingerprint density at radius 1 is 1.45 bits per heavy atom. The van der Waals surface area contributed by atoms with Crippen LogP contribution in [0.3, 0.4) is 0 Å². The number of hydrogen-bond acceptors (Lipinski definition) is 3. The van der Waals surface area contributed by atoms with E-state index in [0.29, 0.717) is 24.4 Å². The van der Waals surface area contributed by atoms with Crippen LogP contribution in [0.2, 0.25) is 0 Å². The number of pyridine rings is 1. The first-order valence-corrected chi connectivity index (χ1v) is 7.41. The average Bonchev–Trinajstić information content (AvgIpc) is 2.46. The van der Waals surface area contributed by atoms with Crippen molar-refractivity contribution in [1.29, 1.82) is 0 Å². The van der Waals surface area contributed by atoms with Crippen LogP contribution in [0.25, 0.3) is 0 Å². The second-order valence-corrected chi connectivity index (χ2v) is 6.42. The van der Waals surface area contributed by atoms with E-state index in [-0.39, 0.29) is 18.1 Å². The maximum absolute atomic E-state index is 9.96. The van der Waals surface area contributed by atoms with Gasteiger partial charge in [-0.1, -0.05) is 31.6 Å². The molecule has 1 aromatic heterocycles. The Morgan fingerprint density at radius 2 is 2.25 bits per heavy atom. The number of ether oxygens (including phenoxy) is 1. The molecule has 5 atom stereocenters. The molecule has 1 aliphatic heterocycles. The maximum atomic E-state index is 9.96. The van der Waals surface area contributed by atoms with E-state index in [0.717, 1.165) is 5.56 Å². The van der Waals surface area contributed by atoms with E-state index in [9.17, 15) is 5.11 Å². The summed E-state index contributed by atoms with van der Waals surface area (Å²) < 4.78 is 6.20. The van der Waals surface area contributed by atoms with Crippen LogP contribution < -0.4 is 0 Å². The molecule has 3 nitrogen and oxygen atoms in total. The zero-order valence-corrected chi connectivity index (χ0v) is 12.4. The van der Waals surface area contributed by atoms with E-state index in [1.54, 1.807) is 6.20 Å². The first-order chi connectivity index (χ1) is 9.60. The van der Waals surface area contributed by atoms with Gasteiger partial charge in [0.05, 0.1) is 19.3 Å². The second-order valence-electron chi connectivity index (χ2n) is 6.42. The van der Waals surface area contributed by atoms with Gasteiger partial charge in [0.2, 0.25) is 0 Å². The highest BCUT2D eigenvalue weighted by Gasteiger charge is 2.53. The van der Waals surface area contributed by atoms with E-state index in [1.165, 1.54) is 5.57 Å². The number of rotatable bonds is 2. The van der Waals surface area contributed by atoms with Crippen molar-refractivity contribution in [1.82, 2.24) is 4.98 Å². The van der Waals surface area contributed by atoms with Crippen LogP contribution in [-0.4, -0.2) is 23.3 Å². The first-order valence-electron chi connectivity index (χ1n) is 7.41. The molecule has 1 aromatic rings. The van der Waals surface area contributed by atoms with Gasteiger partial charge in [0.1, 0.15) is 0 Å². The Labute approximate surface area is 120 Å². The summed E-state index contributed by atoms with van der Waals surface area (Å²) in [5.41, 5.74) is 2.38. The summed E-state index contributed by atoms with van der Waals surface area (Å²) in [5, 5.41) is 9.96. The zero-order chi connectivity index (χ0) is 14.3. The minimum atomic E-state index is -0.136. The van der Waals surface area contributed by atoms with Gasteiger partial charge in [0.15, 0.2) is 0 Å². The third-order valence-electron chi connectivity index (χ3n) is 5.56. The van der Waals surface area contributed by atoms with E-state index in [4.69, 9.17) is 4.74 Å². The van der Waals surface area contributed by atoms with Gasteiger partial charge in [-0.25, -0.2) is 0 Å². The molecule has 20 heavy (non-hydrogen) atoms. The largest absolute Gasteiger partial charge is 0.396 e. The molecule has 1 fully saturated rings. The molecule has 3 heteroatoms. The molecular formula is C17H23NO2. The Bertz CT molecular complexity index is 513. The van der Waals surface area contributed by atoms with Crippen LogP contribution >= 0.6 is 0 Å². The topological polar surface area (TPSA) is 42.4 Å². The molecule has 108 valence electrons. The lowest BCUT2D eigenvalue weighted by molar-refractivity contribution is -0.165. The monoisotopic (exact) mass is 273 g/mol. The number of fused-ring (bicyclic) bond motifs is 2. The molecule has 0 amide bonds. The van der Waals surface area contributed by atoms with Crippen LogP contribution in [0.5, 0.6) is 0 Å². The zero-order valence-electron chi connectivity index (χ0n) is 12.4. The summed E-state index contributed by atoms with van der Waals surface area (Å²) >= 11 is 0. The Kier molecular flexibility index (Phi) is 3.43. The van der Waals surface area contributed by atoms with Crippen molar-refractivity contribution in [2.75, 3.05) is 13.2 Å². The number of nitrogens with zero attached hydrogens (tertiary/aromatic N) is 1. The molecule has 0 unspecified atom stereocenters. The highest BCUT2D eigenvalue weighted by molar-refractivity contribution is 5.26. The van der Waals surface area contributed by atoms with Gasteiger partial charge < -0.3 is 9.84 Å². The van der Waals surface area contributed by atoms with Crippen molar-refractivity contribution in [2.24, 2.45) is 23.2 Å². The molecule has 2 aliphatic rings. The van der Waals surface area contributed by atoms with Crippen molar-refractivity contribution < 1.29 is 9.84 Å². The standard InChI is InChI=1S/C17H23NO2/c1-11-7-12(2)17(9-19)10-20-16(15(11)13(17)3)14-5-4-6-18-8-14/h4-8,12-13,15-16,19H,9-10H2,1-3H3/t12-,13+,15-,16+,17+/m1/s1. The van der Waals surface area contributed by atoms with E-state index >= 15 is 0 Å². The van der Waals surface area contributed by atoms with Crippen LogP contribution in [0, 0.1) is 23.2 Å². The second kappa shape index (κ2) is 4.97. The SMILES string of the molecule is CC1=C[C@@H](C)[C@]2(CO)CO[C@@H](c3cccnc3)[C@H]1[C@@H]2C. The molecule has 3 rings (SSSR count). The fourth-order valence-electron chi connectivity index (χ4n) is 4.13. The first kappa shape index (κ1) is 13.8. The van der Waals surface area contributed by atoms with Crippen molar-refractivity contribution in [3.63, 3.8) is 0 Å². The molecule has 2 heterocycles. The van der Waals surface area contributed by atoms with Gasteiger partial charge in [-0.3, -0.25) is 4.98 Å².